The Balaban J connectivity index is 2.35. The van der Waals surface area contributed by atoms with Crippen LogP contribution in [0.3, 0.4) is 0 Å². The lowest BCUT2D eigenvalue weighted by Crippen LogP contribution is -2.43. The minimum Gasteiger partial charge on any atom is -0.292 e. The lowest BCUT2D eigenvalue weighted by atomic mass is 9.97. The fraction of sp³-hybridized carbons (Fsp3) is 0.400. The lowest BCUT2D eigenvalue weighted by molar-refractivity contribution is 0.0965. The summed E-state index contributed by atoms with van der Waals surface area (Å²) in [5, 5.41) is 12.6. The van der Waals surface area contributed by atoms with Gasteiger partial charge in [0.05, 0.1) is 9.79 Å². The van der Waals surface area contributed by atoms with E-state index in [0.29, 0.717) is 22.3 Å². The molecule has 0 heterocycles. The molecule has 0 spiro atoms. The van der Waals surface area contributed by atoms with Gasteiger partial charge >= 0.3 is 0 Å². The van der Waals surface area contributed by atoms with Crippen molar-refractivity contribution in [2.75, 3.05) is 12.5 Å². The highest BCUT2D eigenvalue weighted by Gasteiger charge is 2.23. The Labute approximate surface area is 213 Å². The van der Waals surface area contributed by atoms with Crippen LogP contribution < -0.4 is 10.6 Å². The average molecular weight is 536 g/mol. The summed E-state index contributed by atoms with van der Waals surface area (Å²) in [5.74, 6) is -2.34. The van der Waals surface area contributed by atoms with Crippen LogP contribution in [0.1, 0.15) is 82.5 Å². The van der Waals surface area contributed by atoms with Gasteiger partial charge in [-0.25, -0.2) is 16.8 Å². The van der Waals surface area contributed by atoms with Crippen molar-refractivity contribution in [2.45, 2.75) is 63.2 Å². The highest BCUT2D eigenvalue weighted by atomic mass is 32.2. The van der Waals surface area contributed by atoms with Crippen LogP contribution in [-0.2, 0) is 19.7 Å². The summed E-state index contributed by atoms with van der Waals surface area (Å²) in [6, 6.07) is 5.81. The molecule has 0 saturated heterocycles. The predicted octanol–water partition coefficient (Wildman–Crippen LogP) is 3.45. The zero-order valence-electron chi connectivity index (χ0n) is 21.7. The average Bonchev–Trinajstić information content (AvgIpc) is 2.70. The maximum atomic E-state index is 12.8. The number of benzene rings is 2. The van der Waals surface area contributed by atoms with Gasteiger partial charge in [-0.3, -0.25) is 25.6 Å². The van der Waals surface area contributed by atoms with E-state index in [2.05, 4.69) is 10.6 Å². The Morgan fingerprint density at radius 2 is 1.00 bits per heavy atom. The molecule has 0 unspecified atom stereocenters. The van der Waals surface area contributed by atoms with E-state index in [-0.39, 0.29) is 32.8 Å². The summed E-state index contributed by atoms with van der Waals surface area (Å²) in [6.07, 6.45) is 2.12. The Morgan fingerprint density at radius 1 is 0.694 bits per heavy atom. The van der Waals surface area contributed by atoms with E-state index in [4.69, 9.17) is 5.41 Å². The number of hydrogen-bond acceptors (Lipinski definition) is 7. The largest absolute Gasteiger partial charge is 0.292 e. The van der Waals surface area contributed by atoms with Crippen LogP contribution in [0.4, 0.5) is 0 Å². The van der Waals surface area contributed by atoms with Gasteiger partial charge in [0.1, 0.15) is 0 Å². The molecule has 0 aliphatic carbocycles. The van der Waals surface area contributed by atoms with Crippen LogP contribution in [0.5, 0.6) is 0 Å². The van der Waals surface area contributed by atoms with Crippen LogP contribution in [0.15, 0.2) is 34.1 Å². The smallest absolute Gasteiger partial charge is 0.258 e. The SMILES string of the molecule is Cc1cc(C(C)C)c(S(C)(=O)=O)cc1C(=O)NC(=N)NC(=O)c1cc(S(C)(=O)=O)c(C(C)C)cc1C. The normalized spacial score (nSPS) is 12.1. The number of carbonyl (C=O) groups is 2. The molecule has 0 aliphatic rings. The van der Waals surface area contributed by atoms with Crippen LogP contribution >= 0.6 is 0 Å². The molecule has 9 nitrogen and oxygen atoms in total. The van der Waals surface area contributed by atoms with E-state index in [1.807, 2.05) is 27.7 Å². The fourth-order valence-corrected chi connectivity index (χ4v) is 5.96. The molecule has 0 radical (unpaired) electrons. The molecular formula is C25H33N3O6S2. The molecule has 0 bridgehead atoms. The monoisotopic (exact) mass is 535 g/mol. The summed E-state index contributed by atoms with van der Waals surface area (Å²) >= 11 is 0. The number of hydrogen-bond donors (Lipinski definition) is 3. The molecule has 0 saturated carbocycles. The van der Waals surface area contributed by atoms with Gasteiger partial charge in [-0.2, -0.15) is 0 Å². The fourth-order valence-electron chi connectivity index (χ4n) is 3.85. The zero-order chi connectivity index (χ0) is 27.7. The second-order valence-corrected chi connectivity index (χ2v) is 13.5. The van der Waals surface area contributed by atoms with Crippen LogP contribution in [0, 0.1) is 19.3 Å². The van der Waals surface area contributed by atoms with Crippen molar-refractivity contribution >= 4 is 37.4 Å². The van der Waals surface area contributed by atoms with Gasteiger partial charge in [-0.15, -0.1) is 0 Å². The Morgan fingerprint density at radius 3 is 1.25 bits per heavy atom. The quantitative estimate of drug-likeness (QED) is 0.381. The van der Waals surface area contributed by atoms with Crippen molar-refractivity contribution in [3.05, 3.63) is 57.6 Å². The number of nitrogens with one attached hydrogen (secondary N) is 3. The van der Waals surface area contributed by atoms with Gasteiger partial charge in [-0.05, 0) is 60.1 Å². The van der Waals surface area contributed by atoms with Crippen molar-refractivity contribution in [1.29, 1.82) is 5.41 Å². The van der Waals surface area contributed by atoms with E-state index in [1.54, 1.807) is 26.0 Å². The van der Waals surface area contributed by atoms with E-state index in [1.165, 1.54) is 12.1 Å². The van der Waals surface area contributed by atoms with Crippen molar-refractivity contribution in [3.63, 3.8) is 0 Å². The summed E-state index contributed by atoms with van der Waals surface area (Å²) < 4.78 is 49.2. The topological polar surface area (TPSA) is 150 Å². The third-order valence-electron chi connectivity index (χ3n) is 5.72. The standard InChI is InChI=1S/C25H33N3O6S2/c1-13(2)17-9-15(5)19(11-21(17)35(7,31)32)23(29)27-25(26)28-24(30)20-12-22(36(8,33)34)18(14(3)4)10-16(20)6/h9-14H,1-8H3,(H3,26,27,28,29,30). The van der Waals surface area contributed by atoms with Crippen molar-refractivity contribution in [1.82, 2.24) is 10.6 Å². The van der Waals surface area contributed by atoms with Crippen molar-refractivity contribution in [2.24, 2.45) is 0 Å². The number of amides is 2. The zero-order valence-corrected chi connectivity index (χ0v) is 23.4. The first-order valence-electron chi connectivity index (χ1n) is 11.2. The maximum Gasteiger partial charge on any atom is 0.258 e. The third-order valence-corrected chi connectivity index (χ3v) is 8.03. The molecular weight excluding hydrogens is 502 g/mol. The molecule has 0 aliphatic heterocycles. The number of guanidine groups is 1. The maximum absolute atomic E-state index is 12.8. The highest BCUT2D eigenvalue weighted by molar-refractivity contribution is 7.91. The first-order valence-corrected chi connectivity index (χ1v) is 15.0. The first-order chi connectivity index (χ1) is 16.3. The van der Waals surface area contributed by atoms with Gasteiger partial charge in [0.15, 0.2) is 19.7 Å². The minimum atomic E-state index is -3.62. The lowest BCUT2D eigenvalue weighted by Gasteiger charge is -2.17. The third kappa shape index (κ3) is 6.58. The number of rotatable bonds is 6. The second kappa shape index (κ2) is 10.5. The van der Waals surface area contributed by atoms with Crippen LogP contribution in [0.2, 0.25) is 0 Å². The molecule has 2 aromatic carbocycles. The molecule has 2 amide bonds. The molecule has 0 fully saturated rings. The van der Waals surface area contributed by atoms with Crippen LogP contribution in [0.25, 0.3) is 0 Å². The van der Waals surface area contributed by atoms with Crippen molar-refractivity contribution in [3.8, 4) is 0 Å². The molecule has 36 heavy (non-hydrogen) atoms. The van der Waals surface area contributed by atoms with Gasteiger partial charge in [-0.1, -0.05) is 39.8 Å². The molecule has 0 aromatic heterocycles. The Bertz CT molecular complexity index is 1350. The van der Waals surface area contributed by atoms with E-state index in [9.17, 15) is 26.4 Å². The van der Waals surface area contributed by atoms with Gasteiger partial charge < -0.3 is 0 Å². The number of aryl methyl sites for hydroxylation is 2. The van der Waals surface area contributed by atoms with E-state index < -0.39 is 37.4 Å². The van der Waals surface area contributed by atoms with Gasteiger partial charge in [0, 0.05) is 23.6 Å². The Hall–Kier alpha value is -3.05. The first kappa shape index (κ1) is 29.2. The molecule has 11 heteroatoms. The molecule has 196 valence electrons. The van der Waals surface area contributed by atoms with Crippen molar-refractivity contribution < 1.29 is 26.4 Å². The molecule has 2 aromatic rings. The number of sulfone groups is 2. The summed E-state index contributed by atoms with van der Waals surface area (Å²) in [7, 11) is -7.24. The summed E-state index contributed by atoms with van der Waals surface area (Å²) in [5.41, 5.74) is 2.29. The van der Waals surface area contributed by atoms with E-state index >= 15 is 0 Å². The van der Waals surface area contributed by atoms with Gasteiger partial charge in [0.25, 0.3) is 11.8 Å². The number of carbonyl (C=O) groups excluding carboxylic acids is 2. The minimum absolute atomic E-state index is 0.0259. The summed E-state index contributed by atoms with van der Waals surface area (Å²) in [4.78, 5) is 25.7. The summed E-state index contributed by atoms with van der Waals surface area (Å²) in [6.45, 7) is 10.7. The highest BCUT2D eigenvalue weighted by Crippen LogP contribution is 2.28. The predicted molar refractivity (Wildman–Crippen MR) is 139 cm³/mol. The van der Waals surface area contributed by atoms with Crippen LogP contribution in [-0.4, -0.2) is 47.1 Å². The molecule has 2 rings (SSSR count). The second-order valence-electron chi connectivity index (χ2n) is 9.55. The van der Waals surface area contributed by atoms with E-state index in [0.717, 1.165) is 12.5 Å². The van der Waals surface area contributed by atoms with Gasteiger partial charge in [0.2, 0.25) is 5.96 Å². The molecule has 3 N–H and O–H groups in total. The Kier molecular flexibility index (Phi) is 8.52. The molecule has 0 atom stereocenters.